The zero-order valence-corrected chi connectivity index (χ0v) is 88.4. The molecule has 8 bridgehead atoms. The van der Waals surface area contributed by atoms with E-state index in [0.717, 1.165) is 63.4 Å². The van der Waals surface area contributed by atoms with E-state index in [9.17, 15) is 0 Å². The number of unbranched alkanes of at least 4 members (excludes halogenated alkanes) is 8. The Kier molecular flexibility index (Phi) is 39.2. The minimum Gasteiger partial charge on any atom is -0.380 e. The van der Waals surface area contributed by atoms with E-state index in [-0.39, 0.29) is 127 Å². The predicted molar refractivity (Wildman–Crippen MR) is 603 cm³/mol. The van der Waals surface area contributed by atoms with Crippen LogP contribution in [0.5, 0.6) is 0 Å². The highest BCUT2D eigenvalue weighted by Gasteiger charge is 2.69. The van der Waals surface area contributed by atoms with Gasteiger partial charge in [0.05, 0.1) is 85.6 Å². The van der Waals surface area contributed by atoms with E-state index in [1.54, 1.807) is 0 Å². The molecule has 8 aromatic carbocycles. The molecule has 136 heavy (non-hydrogen) atoms. The monoisotopic (exact) mass is 1990 g/mol. The maximum absolute atomic E-state index is 5.17. The fourth-order valence-corrected chi connectivity index (χ4v) is 39.7. The Labute approximate surface area is 851 Å². The molecule has 0 amide bonds. The number of para-hydroxylation sites is 8. The quantitative estimate of drug-likeness (QED) is 0.0162. The molecule has 16 nitrogen and oxygen atoms in total. The van der Waals surface area contributed by atoms with Crippen LogP contribution in [0.4, 0.5) is 45.5 Å². The average molecular weight is 1990 g/mol. The van der Waals surface area contributed by atoms with Crippen molar-refractivity contribution in [2.75, 3.05) is 88.7 Å². The molecule has 24 heteroatoms. The van der Waals surface area contributed by atoms with Gasteiger partial charge in [-0.05, 0) is 207 Å². The SMILES string of the molecule is CCCCSC1C(SCCCC)C(SCCCC)C2C3NC(NC4NC(NC5C6C(Nc7ccccc7)C(Nc7ccccc7)C(Nc7ccccc7)C(Nc7ccccc7)C6C(NC6NC(N3)C3C(SCCCC)C(SCCCC)C(SCCCC)C(SCCCC)C63)N5Nc3ccccc3)C3C4CC(Nc4ccccc4)C(Nc4ccccc4)C3Nc3ccccc3)C2C1SCCCC. The van der Waals surface area contributed by atoms with Crippen LogP contribution in [-0.4, -0.2) is 185 Å². The number of thioether (sulfide) groups is 8. The van der Waals surface area contributed by atoms with Crippen LogP contribution in [-0.2, 0) is 0 Å². The lowest BCUT2D eigenvalue weighted by Gasteiger charge is -2.53. The first-order chi connectivity index (χ1) is 67.2. The number of nitrogens with zero attached hydrogens (tertiary/aromatic N) is 1. The van der Waals surface area contributed by atoms with Crippen molar-refractivity contribution in [2.45, 2.75) is 298 Å². The third-order valence-electron chi connectivity index (χ3n) is 30.5. The average Bonchev–Trinajstić information content (AvgIpc) is 1.54. The summed E-state index contributed by atoms with van der Waals surface area (Å²) >= 11 is 19.1. The van der Waals surface area contributed by atoms with Crippen LogP contribution in [0, 0.1) is 47.3 Å². The molecular formula is C112H160N16S8. The molecular weight excluding hydrogens is 1830 g/mol. The van der Waals surface area contributed by atoms with Gasteiger partial charge in [-0.15, -0.1) is 0 Å². The molecule has 4 aliphatic carbocycles. The minimum atomic E-state index is -0.397. The Hall–Kier alpha value is -5.36. The lowest BCUT2D eigenvalue weighted by atomic mass is 9.66. The third-order valence-corrected chi connectivity index (χ3v) is 43.6. The first kappa shape index (κ1) is 102. The van der Waals surface area contributed by atoms with Crippen molar-refractivity contribution in [1.82, 2.24) is 42.2 Å². The van der Waals surface area contributed by atoms with Gasteiger partial charge in [-0.25, -0.2) is 0 Å². The van der Waals surface area contributed by atoms with Crippen molar-refractivity contribution in [1.29, 1.82) is 0 Å². The van der Waals surface area contributed by atoms with Crippen molar-refractivity contribution in [3.05, 3.63) is 243 Å². The lowest BCUT2D eigenvalue weighted by Crippen LogP contribution is -2.71. The Morgan fingerprint density at radius 1 is 0.221 bits per heavy atom. The first-order valence-corrected chi connectivity index (χ1v) is 61.1. The summed E-state index contributed by atoms with van der Waals surface area (Å²) in [6.07, 6.45) is 18.7. The highest BCUT2D eigenvalue weighted by molar-refractivity contribution is 8.08. The molecule has 0 spiro atoms. The van der Waals surface area contributed by atoms with Gasteiger partial charge in [0.25, 0.3) is 0 Å². The van der Waals surface area contributed by atoms with E-state index in [1.807, 2.05) is 0 Å². The van der Waals surface area contributed by atoms with Crippen molar-refractivity contribution >= 4 is 140 Å². The van der Waals surface area contributed by atoms with Gasteiger partial charge in [0.15, 0.2) is 0 Å². The smallest absolute Gasteiger partial charge is 0.0864 e. The second-order valence-electron chi connectivity index (χ2n) is 39.6. The molecule has 5 heterocycles. The van der Waals surface area contributed by atoms with Crippen LogP contribution in [0.25, 0.3) is 0 Å². The normalized spacial score (nSPS) is 33.3. The van der Waals surface area contributed by atoms with Gasteiger partial charge in [-0.1, -0.05) is 252 Å². The largest absolute Gasteiger partial charge is 0.380 e. The van der Waals surface area contributed by atoms with E-state index < -0.39 is 6.17 Å². The van der Waals surface area contributed by atoms with Crippen LogP contribution < -0.4 is 79.9 Å². The predicted octanol–water partition coefficient (Wildman–Crippen LogP) is 24.1. The van der Waals surface area contributed by atoms with E-state index in [4.69, 9.17) is 37.2 Å². The molecule has 9 aliphatic rings. The van der Waals surface area contributed by atoms with Gasteiger partial charge >= 0.3 is 0 Å². The number of rotatable bonds is 48. The third kappa shape index (κ3) is 24.8. The molecule has 0 radical (unpaired) electrons. The fraction of sp³-hybridized carbons (Fsp3) is 0.571. The van der Waals surface area contributed by atoms with Crippen LogP contribution >= 0.6 is 94.1 Å². The highest BCUT2D eigenvalue weighted by Crippen LogP contribution is 2.60. The molecule has 9 fully saturated rings. The van der Waals surface area contributed by atoms with Gasteiger partial charge in [-0.2, -0.15) is 99.1 Å². The number of hydrogen-bond donors (Lipinski definition) is 15. The summed E-state index contributed by atoms with van der Waals surface area (Å²) in [5, 5.41) is 73.0. The van der Waals surface area contributed by atoms with E-state index in [1.165, 1.54) is 137 Å². The highest BCUT2D eigenvalue weighted by atomic mass is 32.2. The molecule has 5 aliphatic heterocycles. The molecule has 15 N–H and O–H groups in total. The molecule has 4 saturated carbocycles. The van der Waals surface area contributed by atoms with Gasteiger partial charge in [0.1, 0.15) is 0 Å². The second kappa shape index (κ2) is 52.2. The number of hydrogen-bond acceptors (Lipinski definition) is 24. The lowest BCUT2D eigenvalue weighted by molar-refractivity contribution is 0.106. The Bertz CT molecular complexity index is 4710. The number of anilines is 8. The molecule has 5 saturated heterocycles. The Morgan fingerprint density at radius 3 is 0.706 bits per heavy atom. The van der Waals surface area contributed by atoms with Crippen molar-refractivity contribution in [3.8, 4) is 0 Å². The van der Waals surface area contributed by atoms with E-state index >= 15 is 0 Å². The molecule has 31 unspecified atom stereocenters. The van der Waals surface area contributed by atoms with Crippen LogP contribution in [0.15, 0.2) is 243 Å². The van der Waals surface area contributed by atoms with Gasteiger partial charge < -0.3 is 42.6 Å². The number of fused-ring (bicyclic) bond motifs is 20. The summed E-state index contributed by atoms with van der Waals surface area (Å²) in [4.78, 5) is 0. The topological polar surface area (TPSA) is 184 Å². The van der Waals surface area contributed by atoms with Gasteiger partial charge in [0, 0.05) is 135 Å². The summed E-state index contributed by atoms with van der Waals surface area (Å²) in [6, 6.07) is 88.6. The summed E-state index contributed by atoms with van der Waals surface area (Å²) in [5.74, 6) is 10.1. The van der Waals surface area contributed by atoms with Crippen LogP contribution in [0.1, 0.15) is 165 Å². The number of benzene rings is 8. The second-order valence-corrected chi connectivity index (χ2v) is 49.9. The number of nitrogens with one attached hydrogen (secondary N) is 15. The molecule has 17 rings (SSSR count). The summed E-state index contributed by atoms with van der Waals surface area (Å²) in [6.45, 7) is 19.5. The molecule has 0 aromatic heterocycles. The minimum absolute atomic E-state index is 0.0261. The van der Waals surface area contributed by atoms with E-state index in [2.05, 4.69) is 440 Å². The van der Waals surface area contributed by atoms with Gasteiger partial charge in [-0.3, -0.25) is 37.2 Å². The van der Waals surface area contributed by atoms with Crippen molar-refractivity contribution in [3.63, 3.8) is 0 Å². The standard InChI is InChI=1S/C112H160N16S8/c1-9-17-65-129-97-87-88(98(130-66-18-10-2)102(134-70-22-14-6)101(97)133-69-21-13-5)108-122-107(87)121-105-82-73-83(113-74-49-33-25-34-50-74)91(114-75-51-35-26-36-52-75)92(115-76-53-37-27-38-54-76)84(82)106(120-105)125-111-85-86(94(117-78-57-41-29-42-58-78)96(119-80-61-45-31-46-62-80)95(118-79-59-43-30-44-60-79)93(85)116-77-55-39-28-40-56-77)112(128(111)127-81-63-47-32-48-64-81)126-110-90-89(109(123-108)124-110)99(131-67-19-11-3)103(135-71-23-15-7)104(136-72-24-16-8)100(90)132-68-20-12-4/h25-64,82-127H,9-24,65-73H2,1-8H3. The Balaban J connectivity index is 0.957. The van der Waals surface area contributed by atoms with E-state index in [0.29, 0.717) is 47.9 Å². The Morgan fingerprint density at radius 2 is 0.434 bits per heavy atom. The molecule has 31 atom stereocenters. The first-order valence-electron chi connectivity index (χ1n) is 52.8. The van der Waals surface area contributed by atoms with Crippen molar-refractivity contribution < 1.29 is 0 Å². The van der Waals surface area contributed by atoms with Crippen molar-refractivity contribution in [2.24, 2.45) is 47.3 Å². The maximum Gasteiger partial charge on any atom is 0.0864 e. The molecule has 8 aromatic rings. The fourth-order valence-electron chi connectivity index (χ4n) is 24.1. The summed E-state index contributed by atoms with van der Waals surface area (Å²) in [7, 11) is 0. The number of hydrazine groups is 1. The van der Waals surface area contributed by atoms with Gasteiger partial charge in [0.2, 0.25) is 0 Å². The summed E-state index contributed by atoms with van der Waals surface area (Å²) < 4.78 is 0. The molecule has 736 valence electrons. The zero-order chi connectivity index (χ0) is 93.3. The maximum atomic E-state index is 5.17. The van der Waals surface area contributed by atoms with Crippen LogP contribution in [0.2, 0.25) is 0 Å². The van der Waals surface area contributed by atoms with Crippen LogP contribution in [0.3, 0.4) is 0 Å². The summed E-state index contributed by atoms with van der Waals surface area (Å²) in [5.41, 5.74) is 13.3. The zero-order valence-electron chi connectivity index (χ0n) is 81.9.